The van der Waals surface area contributed by atoms with Crippen LogP contribution in [0.3, 0.4) is 0 Å². The number of aromatic nitrogens is 3. The zero-order chi connectivity index (χ0) is 24.0. The molecule has 0 amide bonds. The number of halogens is 3. The SMILES string of the molecule is COc1ccnc2c(=O)n(-c3nc4ccc(Oc5ccccc5C(F)(F)F)cc4s3)c(=S)oc12. The van der Waals surface area contributed by atoms with E-state index < -0.39 is 17.3 Å². The molecule has 0 saturated carbocycles. The van der Waals surface area contributed by atoms with Crippen LogP contribution in [-0.2, 0) is 6.18 Å². The van der Waals surface area contributed by atoms with E-state index in [0.717, 1.165) is 22.0 Å². The number of alkyl halides is 3. The van der Waals surface area contributed by atoms with Gasteiger partial charge in [0, 0.05) is 18.3 Å². The van der Waals surface area contributed by atoms with Crippen LogP contribution in [0.15, 0.2) is 63.9 Å². The molecule has 0 aliphatic rings. The van der Waals surface area contributed by atoms with Crippen LogP contribution in [0.5, 0.6) is 17.2 Å². The number of benzene rings is 2. The van der Waals surface area contributed by atoms with Crippen molar-refractivity contribution in [1.29, 1.82) is 0 Å². The molecule has 0 unspecified atom stereocenters. The van der Waals surface area contributed by atoms with Crippen LogP contribution in [0, 0.1) is 4.84 Å². The first kappa shape index (κ1) is 22.0. The highest BCUT2D eigenvalue weighted by molar-refractivity contribution is 7.71. The molecule has 0 saturated heterocycles. The molecule has 12 heteroatoms. The summed E-state index contributed by atoms with van der Waals surface area (Å²) < 4.78 is 57.8. The minimum atomic E-state index is -4.56. The zero-order valence-corrected chi connectivity index (χ0v) is 18.8. The predicted octanol–water partition coefficient (Wildman–Crippen LogP) is 6.14. The maximum Gasteiger partial charge on any atom is 0.419 e. The Kier molecular flexibility index (Phi) is 5.33. The molecule has 5 rings (SSSR count). The number of nitrogens with zero attached hydrogens (tertiary/aromatic N) is 3. The van der Waals surface area contributed by atoms with E-state index in [4.69, 9.17) is 26.1 Å². The van der Waals surface area contributed by atoms with Gasteiger partial charge in [-0.2, -0.15) is 13.2 Å². The van der Waals surface area contributed by atoms with Crippen molar-refractivity contribution in [3.8, 4) is 22.4 Å². The Hall–Kier alpha value is -3.77. The number of methoxy groups -OCH3 is 1. The second kappa shape index (κ2) is 8.22. The number of para-hydroxylation sites is 1. The molecule has 34 heavy (non-hydrogen) atoms. The summed E-state index contributed by atoms with van der Waals surface area (Å²) in [4.78, 5) is 21.4. The van der Waals surface area contributed by atoms with Gasteiger partial charge < -0.3 is 13.9 Å². The van der Waals surface area contributed by atoms with Crippen LogP contribution in [0.25, 0.3) is 26.4 Å². The van der Waals surface area contributed by atoms with Crippen molar-refractivity contribution < 1.29 is 27.1 Å². The summed E-state index contributed by atoms with van der Waals surface area (Å²) in [5.41, 5.74) is -0.796. The number of ether oxygens (including phenoxy) is 2. The van der Waals surface area contributed by atoms with Crippen LogP contribution >= 0.6 is 23.6 Å². The minimum Gasteiger partial charge on any atom is -0.493 e. The Bertz CT molecular complexity index is 1670. The molecule has 0 bridgehead atoms. The smallest absolute Gasteiger partial charge is 0.419 e. The Morgan fingerprint density at radius 3 is 2.68 bits per heavy atom. The molecule has 0 fully saturated rings. The summed E-state index contributed by atoms with van der Waals surface area (Å²) in [7, 11) is 1.43. The number of pyridine rings is 1. The van der Waals surface area contributed by atoms with E-state index in [1.54, 1.807) is 12.1 Å². The molecule has 0 aliphatic heterocycles. The molecule has 5 aromatic rings. The fourth-order valence-electron chi connectivity index (χ4n) is 3.30. The van der Waals surface area contributed by atoms with E-state index in [-0.39, 0.29) is 32.6 Å². The third-order valence-electron chi connectivity index (χ3n) is 4.83. The van der Waals surface area contributed by atoms with Gasteiger partial charge >= 0.3 is 6.18 Å². The van der Waals surface area contributed by atoms with Crippen molar-refractivity contribution in [3.63, 3.8) is 0 Å². The first-order valence-corrected chi connectivity index (χ1v) is 10.8. The van der Waals surface area contributed by atoms with E-state index in [2.05, 4.69) is 9.97 Å². The third kappa shape index (κ3) is 3.80. The first-order valence-electron chi connectivity index (χ1n) is 9.60. The number of rotatable bonds is 4. The molecule has 2 aromatic carbocycles. The Morgan fingerprint density at radius 2 is 1.91 bits per heavy atom. The molecule has 3 aromatic heterocycles. The van der Waals surface area contributed by atoms with Crippen LogP contribution in [0.2, 0.25) is 0 Å². The van der Waals surface area contributed by atoms with Crippen molar-refractivity contribution >= 4 is 44.9 Å². The van der Waals surface area contributed by atoms with Gasteiger partial charge in [0.1, 0.15) is 11.5 Å². The van der Waals surface area contributed by atoms with Gasteiger partial charge in [0.25, 0.3) is 10.4 Å². The fraction of sp³-hybridized carbons (Fsp3) is 0.0909. The fourth-order valence-corrected chi connectivity index (χ4v) is 4.60. The van der Waals surface area contributed by atoms with Gasteiger partial charge in [0.2, 0.25) is 10.7 Å². The lowest BCUT2D eigenvalue weighted by Gasteiger charge is -2.13. The summed E-state index contributed by atoms with van der Waals surface area (Å²) in [5, 5.41) is 0.216. The van der Waals surface area contributed by atoms with Crippen LogP contribution in [-0.4, -0.2) is 21.6 Å². The standard InChI is InChI=1S/C22H12F3N3O4S2/c1-30-15-8-9-26-17-18(15)32-21(33)28(19(17)29)20-27-13-7-6-11(10-16(13)34-20)31-14-5-3-2-4-12(14)22(23,24)25/h2-10H,1H3. The van der Waals surface area contributed by atoms with E-state index in [1.807, 2.05) is 0 Å². The van der Waals surface area contributed by atoms with Gasteiger partial charge in [-0.05, 0) is 36.5 Å². The lowest BCUT2D eigenvalue weighted by molar-refractivity contribution is -0.138. The normalized spacial score (nSPS) is 11.8. The van der Waals surface area contributed by atoms with Gasteiger partial charge in [-0.25, -0.2) is 14.5 Å². The van der Waals surface area contributed by atoms with Crippen LogP contribution < -0.4 is 15.0 Å². The molecule has 0 aliphatic carbocycles. The maximum absolute atomic E-state index is 13.3. The van der Waals surface area contributed by atoms with Gasteiger partial charge in [0.05, 0.1) is 22.9 Å². The molecule has 7 nitrogen and oxygen atoms in total. The van der Waals surface area contributed by atoms with E-state index in [9.17, 15) is 18.0 Å². The van der Waals surface area contributed by atoms with Crippen LogP contribution in [0.4, 0.5) is 13.2 Å². The van der Waals surface area contributed by atoms with Gasteiger partial charge in [-0.3, -0.25) is 4.79 Å². The molecule has 0 radical (unpaired) electrons. The summed E-state index contributed by atoms with van der Waals surface area (Å²) in [6.45, 7) is 0. The molecular formula is C22H12F3N3O4S2. The average molecular weight is 503 g/mol. The third-order valence-corrected chi connectivity index (χ3v) is 6.10. The maximum atomic E-state index is 13.3. The lowest BCUT2D eigenvalue weighted by atomic mass is 10.2. The molecule has 0 atom stereocenters. The molecule has 3 heterocycles. The number of fused-ring (bicyclic) bond motifs is 2. The zero-order valence-electron chi connectivity index (χ0n) is 17.1. The van der Waals surface area contributed by atoms with E-state index >= 15 is 0 Å². The van der Waals surface area contributed by atoms with Crippen molar-refractivity contribution in [3.05, 3.63) is 75.5 Å². The van der Waals surface area contributed by atoms with Crippen molar-refractivity contribution in [2.45, 2.75) is 6.18 Å². The van der Waals surface area contributed by atoms with Gasteiger partial charge in [-0.15, -0.1) is 0 Å². The molecule has 0 N–H and O–H groups in total. The monoisotopic (exact) mass is 503 g/mol. The summed E-state index contributed by atoms with van der Waals surface area (Å²) in [5.74, 6) is 0.169. The van der Waals surface area contributed by atoms with E-state index in [1.165, 1.54) is 43.6 Å². The predicted molar refractivity (Wildman–Crippen MR) is 122 cm³/mol. The van der Waals surface area contributed by atoms with Crippen molar-refractivity contribution in [2.75, 3.05) is 7.11 Å². The Balaban J connectivity index is 1.58. The number of thiazole rings is 1. The van der Waals surface area contributed by atoms with Crippen molar-refractivity contribution in [1.82, 2.24) is 14.5 Å². The highest BCUT2D eigenvalue weighted by atomic mass is 32.1. The first-order chi connectivity index (χ1) is 16.3. The second-order valence-corrected chi connectivity index (χ2v) is 8.28. The highest BCUT2D eigenvalue weighted by Crippen LogP contribution is 2.39. The highest BCUT2D eigenvalue weighted by Gasteiger charge is 2.34. The Morgan fingerprint density at radius 1 is 1.12 bits per heavy atom. The average Bonchev–Trinajstić information content (AvgIpc) is 3.21. The number of hydrogen-bond donors (Lipinski definition) is 0. The lowest BCUT2D eigenvalue weighted by Crippen LogP contribution is -2.20. The van der Waals surface area contributed by atoms with E-state index in [0.29, 0.717) is 16.0 Å². The molecule has 0 spiro atoms. The molecule has 172 valence electrons. The Labute approximate surface area is 197 Å². The second-order valence-electron chi connectivity index (χ2n) is 6.92. The quantitative estimate of drug-likeness (QED) is 0.273. The topological polar surface area (TPSA) is 79.4 Å². The summed E-state index contributed by atoms with van der Waals surface area (Å²) in [6, 6.07) is 11.1. The summed E-state index contributed by atoms with van der Waals surface area (Å²) >= 11 is 6.37. The number of hydrogen-bond acceptors (Lipinski definition) is 8. The van der Waals surface area contributed by atoms with Crippen molar-refractivity contribution in [2.24, 2.45) is 0 Å². The summed E-state index contributed by atoms with van der Waals surface area (Å²) in [6.07, 6.45) is -3.15. The largest absolute Gasteiger partial charge is 0.493 e. The van der Waals surface area contributed by atoms with Gasteiger partial charge in [0.15, 0.2) is 11.3 Å². The minimum absolute atomic E-state index is 0.0139. The van der Waals surface area contributed by atoms with Crippen LogP contribution in [0.1, 0.15) is 5.56 Å². The molecular weight excluding hydrogens is 491 g/mol. The van der Waals surface area contributed by atoms with Gasteiger partial charge in [-0.1, -0.05) is 23.5 Å².